The molecule has 0 bridgehead atoms. The van der Waals surface area contributed by atoms with Crippen molar-refractivity contribution in [3.63, 3.8) is 0 Å². The van der Waals surface area contributed by atoms with Gasteiger partial charge in [0.15, 0.2) is 5.78 Å². The summed E-state index contributed by atoms with van der Waals surface area (Å²) < 4.78 is 0. The second kappa shape index (κ2) is 8.34. The molecule has 0 aliphatic heterocycles. The first-order valence-corrected chi connectivity index (χ1v) is 10.7. The van der Waals surface area contributed by atoms with Gasteiger partial charge >= 0.3 is 0 Å². The maximum absolute atomic E-state index is 12.4. The summed E-state index contributed by atoms with van der Waals surface area (Å²) in [5, 5.41) is 2.86. The molecule has 2 heterocycles. The minimum atomic E-state index is -0.241. The zero-order valence-electron chi connectivity index (χ0n) is 18.3. The highest BCUT2D eigenvalue weighted by Crippen LogP contribution is 2.38. The van der Waals surface area contributed by atoms with Gasteiger partial charge < -0.3 is 10.3 Å². The Bertz CT molecular complexity index is 1200. The summed E-state index contributed by atoms with van der Waals surface area (Å²) in [4.78, 5) is 32.4. The molecule has 0 fully saturated rings. The van der Waals surface area contributed by atoms with Gasteiger partial charge in [0.2, 0.25) is 5.91 Å². The van der Waals surface area contributed by atoms with E-state index in [0.717, 1.165) is 76.3 Å². The number of aromatic amines is 1. The Kier molecular flexibility index (Phi) is 5.59. The lowest BCUT2D eigenvalue weighted by atomic mass is 9.87. The summed E-state index contributed by atoms with van der Waals surface area (Å²) in [6, 6.07) is 8.01. The van der Waals surface area contributed by atoms with Crippen molar-refractivity contribution in [1.29, 1.82) is 0 Å². The third-order valence-corrected chi connectivity index (χ3v) is 5.91. The van der Waals surface area contributed by atoms with Crippen LogP contribution in [0.1, 0.15) is 53.0 Å². The van der Waals surface area contributed by atoms with Crippen LogP contribution in [0.4, 0.5) is 5.69 Å². The summed E-state index contributed by atoms with van der Waals surface area (Å²) in [5.74, 6) is -0.116. The summed E-state index contributed by atoms with van der Waals surface area (Å²) in [5.41, 5.74) is 9.83. The number of Topliss-reactive ketones (excluding diaryl/α,β-unsaturated/α-hetero) is 1. The van der Waals surface area contributed by atoms with Crippen molar-refractivity contribution in [2.75, 3.05) is 5.32 Å². The number of fused-ring (bicyclic) bond motifs is 3. The molecule has 2 N–H and O–H groups in total. The highest BCUT2D eigenvalue weighted by molar-refractivity contribution is 6.00. The van der Waals surface area contributed by atoms with Gasteiger partial charge in [0.1, 0.15) is 0 Å². The summed E-state index contributed by atoms with van der Waals surface area (Å²) in [6.07, 6.45) is 6.75. The number of amides is 1. The molecule has 0 saturated heterocycles. The minimum absolute atomic E-state index is 0.125. The van der Waals surface area contributed by atoms with Crippen molar-refractivity contribution < 1.29 is 9.59 Å². The number of ketones is 1. The molecule has 4 rings (SSSR count). The van der Waals surface area contributed by atoms with Gasteiger partial charge in [-0.3, -0.25) is 14.6 Å². The van der Waals surface area contributed by atoms with Crippen molar-refractivity contribution in [3.8, 4) is 22.5 Å². The van der Waals surface area contributed by atoms with Crippen LogP contribution in [0.3, 0.4) is 0 Å². The molecule has 1 aliphatic rings. The van der Waals surface area contributed by atoms with E-state index < -0.39 is 0 Å². The van der Waals surface area contributed by atoms with Gasteiger partial charge in [-0.2, -0.15) is 0 Å². The summed E-state index contributed by atoms with van der Waals surface area (Å²) in [6.45, 7) is 9.25. The molecule has 158 valence electrons. The van der Waals surface area contributed by atoms with Crippen molar-refractivity contribution in [2.45, 2.75) is 46.5 Å². The quantitative estimate of drug-likeness (QED) is 0.418. The van der Waals surface area contributed by atoms with Gasteiger partial charge in [0.25, 0.3) is 0 Å². The Labute approximate surface area is 182 Å². The summed E-state index contributed by atoms with van der Waals surface area (Å²) >= 11 is 0. The van der Waals surface area contributed by atoms with E-state index >= 15 is 0 Å². The zero-order valence-corrected chi connectivity index (χ0v) is 18.3. The second-order valence-electron chi connectivity index (χ2n) is 8.09. The predicted octanol–water partition coefficient (Wildman–Crippen LogP) is 5.43. The average Bonchev–Trinajstić information content (AvgIpc) is 3.14. The van der Waals surface area contributed by atoms with E-state index in [4.69, 9.17) is 4.98 Å². The SMILES string of the molecule is C=CC(=O)Nc1cc(-c2cc3c(cn2)CCc2c-3[nH]c(CCC)c2C(C)=O)ccc1C. The van der Waals surface area contributed by atoms with Crippen LogP contribution in [0.25, 0.3) is 22.5 Å². The highest BCUT2D eigenvalue weighted by atomic mass is 16.1. The van der Waals surface area contributed by atoms with Crippen LogP contribution in [-0.2, 0) is 24.1 Å². The number of aryl methyl sites for hydroxylation is 3. The molecule has 0 unspecified atom stereocenters. The molecule has 5 heteroatoms. The molecule has 1 aromatic carbocycles. The first-order valence-electron chi connectivity index (χ1n) is 10.7. The van der Waals surface area contributed by atoms with Crippen LogP contribution in [0.5, 0.6) is 0 Å². The normalized spacial score (nSPS) is 12.1. The predicted molar refractivity (Wildman–Crippen MR) is 124 cm³/mol. The van der Waals surface area contributed by atoms with Gasteiger partial charge in [-0.25, -0.2) is 0 Å². The Balaban J connectivity index is 1.80. The maximum atomic E-state index is 12.4. The number of H-pyrrole nitrogens is 1. The van der Waals surface area contributed by atoms with Crippen molar-refractivity contribution in [1.82, 2.24) is 9.97 Å². The average molecular weight is 414 g/mol. The molecule has 1 amide bonds. The number of nitrogens with one attached hydrogen (secondary N) is 2. The van der Waals surface area contributed by atoms with Crippen LogP contribution >= 0.6 is 0 Å². The molecule has 5 nitrogen and oxygen atoms in total. The number of carbonyl (C=O) groups excluding carboxylic acids is 2. The molecular formula is C26H27N3O2. The molecule has 1 aliphatic carbocycles. The lowest BCUT2D eigenvalue weighted by Gasteiger charge is -2.18. The lowest BCUT2D eigenvalue weighted by molar-refractivity contribution is -0.111. The van der Waals surface area contributed by atoms with Crippen LogP contribution in [0.15, 0.2) is 43.1 Å². The monoisotopic (exact) mass is 413 g/mol. The van der Waals surface area contributed by atoms with Gasteiger partial charge in [-0.05, 0) is 68.0 Å². The number of pyridine rings is 1. The van der Waals surface area contributed by atoms with Gasteiger partial charge in [-0.1, -0.05) is 32.1 Å². The van der Waals surface area contributed by atoms with Crippen LogP contribution in [0, 0.1) is 6.92 Å². The van der Waals surface area contributed by atoms with Gasteiger partial charge in [0.05, 0.1) is 5.69 Å². The molecule has 0 atom stereocenters. The van der Waals surface area contributed by atoms with E-state index in [9.17, 15) is 9.59 Å². The van der Waals surface area contributed by atoms with E-state index in [2.05, 4.69) is 29.9 Å². The van der Waals surface area contributed by atoms with Crippen LogP contribution in [-0.4, -0.2) is 21.7 Å². The topological polar surface area (TPSA) is 74.8 Å². The number of rotatable bonds is 6. The van der Waals surface area contributed by atoms with Gasteiger partial charge in [0, 0.05) is 40.0 Å². The molecule has 3 aromatic rings. The molecule has 0 radical (unpaired) electrons. The van der Waals surface area contributed by atoms with Crippen molar-refractivity contribution >= 4 is 17.4 Å². The number of anilines is 1. The van der Waals surface area contributed by atoms with E-state index in [1.54, 1.807) is 6.92 Å². The molecule has 0 spiro atoms. The Hall–Kier alpha value is -3.47. The van der Waals surface area contributed by atoms with E-state index in [0.29, 0.717) is 0 Å². The van der Waals surface area contributed by atoms with Gasteiger partial charge in [-0.15, -0.1) is 0 Å². The van der Waals surface area contributed by atoms with E-state index in [-0.39, 0.29) is 11.7 Å². The number of hydrogen-bond donors (Lipinski definition) is 2. The van der Waals surface area contributed by atoms with E-state index in [1.807, 2.05) is 31.3 Å². The van der Waals surface area contributed by atoms with Crippen molar-refractivity contribution in [2.24, 2.45) is 0 Å². The molecule has 0 saturated carbocycles. The third-order valence-electron chi connectivity index (χ3n) is 5.91. The van der Waals surface area contributed by atoms with E-state index in [1.165, 1.54) is 11.6 Å². The lowest BCUT2D eigenvalue weighted by Crippen LogP contribution is -2.09. The Morgan fingerprint density at radius 1 is 1.26 bits per heavy atom. The maximum Gasteiger partial charge on any atom is 0.247 e. The molecular weight excluding hydrogens is 386 g/mol. The van der Waals surface area contributed by atoms with Crippen LogP contribution in [0.2, 0.25) is 0 Å². The number of carbonyl (C=O) groups is 2. The first kappa shape index (κ1) is 20.8. The number of nitrogens with zero attached hydrogens (tertiary/aromatic N) is 1. The fourth-order valence-corrected chi connectivity index (χ4v) is 4.37. The number of benzene rings is 1. The fraction of sp³-hybridized carbons (Fsp3) is 0.269. The fourth-order valence-electron chi connectivity index (χ4n) is 4.37. The summed E-state index contributed by atoms with van der Waals surface area (Å²) in [7, 11) is 0. The smallest absolute Gasteiger partial charge is 0.247 e. The molecule has 31 heavy (non-hydrogen) atoms. The third kappa shape index (κ3) is 3.83. The number of aromatic nitrogens is 2. The first-order chi connectivity index (χ1) is 14.9. The van der Waals surface area contributed by atoms with Crippen LogP contribution < -0.4 is 5.32 Å². The number of hydrogen-bond acceptors (Lipinski definition) is 3. The Morgan fingerprint density at radius 3 is 2.77 bits per heavy atom. The largest absolute Gasteiger partial charge is 0.358 e. The Morgan fingerprint density at radius 2 is 2.06 bits per heavy atom. The highest BCUT2D eigenvalue weighted by Gasteiger charge is 2.26. The zero-order chi connectivity index (χ0) is 22.1. The molecule has 2 aromatic heterocycles. The standard InChI is InChI=1S/C26H27N3O2/c1-5-7-21-25(16(4)30)19-11-10-18-14-27-23(13-20(18)26(19)29-21)17-9-8-15(3)22(12-17)28-24(31)6-2/h6,8-9,12-14,29H,2,5,7,10-11H2,1,3-4H3,(H,28,31). The second-order valence-corrected chi connectivity index (χ2v) is 8.09. The minimum Gasteiger partial charge on any atom is -0.358 e. The van der Waals surface area contributed by atoms with Crippen molar-refractivity contribution in [3.05, 3.63) is 71.1 Å².